The number of hydrogen-bond donors (Lipinski definition) is 0. The molecule has 2 aromatic rings. The lowest BCUT2D eigenvalue weighted by Gasteiger charge is -2.22. The molecule has 0 saturated heterocycles. The summed E-state index contributed by atoms with van der Waals surface area (Å²) in [5.74, 6) is -0.553. The van der Waals surface area contributed by atoms with Crippen molar-refractivity contribution >= 4 is 17.6 Å². The van der Waals surface area contributed by atoms with Crippen molar-refractivity contribution in [1.29, 1.82) is 0 Å². The van der Waals surface area contributed by atoms with Gasteiger partial charge in [0, 0.05) is 11.7 Å². The van der Waals surface area contributed by atoms with Crippen molar-refractivity contribution in [3.63, 3.8) is 0 Å². The first-order valence-electron chi connectivity index (χ1n) is 8.57. The second-order valence-corrected chi connectivity index (χ2v) is 6.70. The summed E-state index contributed by atoms with van der Waals surface area (Å²) in [6, 6.07) is 13.8. The molecule has 130 valence electrons. The number of anilines is 1. The fourth-order valence-electron chi connectivity index (χ4n) is 3.29. The van der Waals surface area contributed by atoms with Gasteiger partial charge >= 0.3 is 5.97 Å². The molecular formula is C21H23NO3. The molecule has 1 heterocycles. The van der Waals surface area contributed by atoms with E-state index in [1.807, 2.05) is 63.2 Å². The Kier molecular flexibility index (Phi) is 4.88. The summed E-state index contributed by atoms with van der Waals surface area (Å²) in [5, 5.41) is 0. The normalized spacial score (nSPS) is 15.8. The van der Waals surface area contributed by atoms with Gasteiger partial charge in [0.15, 0.2) is 6.61 Å². The number of carbonyl (C=O) groups excluding carboxylic acids is 2. The number of fused-ring (bicyclic) bond motifs is 1. The van der Waals surface area contributed by atoms with Crippen LogP contribution in [0, 0.1) is 13.8 Å². The van der Waals surface area contributed by atoms with Gasteiger partial charge < -0.3 is 9.64 Å². The van der Waals surface area contributed by atoms with Crippen LogP contribution in [-0.4, -0.2) is 24.5 Å². The quantitative estimate of drug-likeness (QED) is 0.804. The molecule has 4 heteroatoms. The first-order valence-corrected chi connectivity index (χ1v) is 8.57. The van der Waals surface area contributed by atoms with E-state index in [1.165, 1.54) is 5.56 Å². The monoisotopic (exact) mass is 337 g/mol. The summed E-state index contributed by atoms with van der Waals surface area (Å²) in [6.45, 7) is 5.84. The van der Waals surface area contributed by atoms with Crippen molar-refractivity contribution in [3.8, 4) is 0 Å². The van der Waals surface area contributed by atoms with Crippen LogP contribution in [0.2, 0.25) is 0 Å². The zero-order valence-corrected chi connectivity index (χ0v) is 14.9. The average molecular weight is 337 g/mol. The van der Waals surface area contributed by atoms with Gasteiger partial charge in [-0.1, -0.05) is 36.4 Å². The van der Waals surface area contributed by atoms with Crippen LogP contribution < -0.4 is 4.90 Å². The maximum absolute atomic E-state index is 12.5. The Morgan fingerprint density at radius 3 is 2.64 bits per heavy atom. The van der Waals surface area contributed by atoms with Crippen LogP contribution in [0.25, 0.3) is 0 Å². The Labute approximate surface area is 148 Å². The van der Waals surface area contributed by atoms with Gasteiger partial charge in [-0.3, -0.25) is 9.59 Å². The van der Waals surface area contributed by atoms with E-state index in [0.29, 0.717) is 0 Å². The third-order valence-electron chi connectivity index (χ3n) is 4.75. The Morgan fingerprint density at radius 1 is 1.12 bits per heavy atom. The predicted octanol–water partition coefficient (Wildman–Crippen LogP) is 3.37. The summed E-state index contributed by atoms with van der Waals surface area (Å²) >= 11 is 0. The van der Waals surface area contributed by atoms with Gasteiger partial charge in [0.05, 0.1) is 6.42 Å². The summed E-state index contributed by atoms with van der Waals surface area (Å²) in [7, 11) is 0. The first kappa shape index (κ1) is 17.2. The molecule has 3 rings (SSSR count). The van der Waals surface area contributed by atoms with Gasteiger partial charge in [-0.25, -0.2) is 0 Å². The lowest BCUT2D eigenvalue weighted by Crippen LogP contribution is -2.38. The Morgan fingerprint density at radius 2 is 1.88 bits per heavy atom. The number of ether oxygens (including phenoxy) is 1. The van der Waals surface area contributed by atoms with Crippen LogP contribution in [0.4, 0.5) is 5.69 Å². The van der Waals surface area contributed by atoms with E-state index in [0.717, 1.165) is 28.8 Å². The molecule has 0 fully saturated rings. The molecule has 0 N–H and O–H groups in total. The van der Waals surface area contributed by atoms with Gasteiger partial charge in [-0.2, -0.15) is 0 Å². The molecule has 0 unspecified atom stereocenters. The van der Waals surface area contributed by atoms with Crippen LogP contribution in [0.15, 0.2) is 42.5 Å². The van der Waals surface area contributed by atoms with Crippen molar-refractivity contribution in [2.45, 2.75) is 39.7 Å². The number of benzene rings is 2. The molecule has 4 nitrogen and oxygen atoms in total. The fraction of sp³-hybridized carbons (Fsp3) is 0.333. The standard InChI is InChI=1S/C21H23NO3/c1-14-8-9-17(10-15(14)2)12-21(24)25-13-20(23)22-16(3)11-18-6-4-5-7-19(18)22/h4-10,16H,11-13H2,1-3H3/t16-/m0/s1. The van der Waals surface area contributed by atoms with E-state index < -0.39 is 0 Å². The van der Waals surface area contributed by atoms with Gasteiger partial charge in [-0.05, 0) is 55.5 Å². The van der Waals surface area contributed by atoms with E-state index >= 15 is 0 Å². The molecule has 0 spiro atoms. The zero-order chi connectivity index (χ0) is 18.0. The van der Waals surface area contributed by atoms with E-state index in [1.54, 1.807) is 4.90 Å². The number of amides is 1. The molecule has 0 saturated carbocycles. The number of para-hydroxylation sites is 1. The Bertz CT molecular complexity index is 813. The summed E-state index contributed by atoms with van der Waals surface area (Å²) in [5.41, 5.74) is 5.31. The van der Waals surface area contributed by atoms with Gasteiger partial charge in [-0.15, -0.1) is 0 Å². The number of rotatable bonds is 4. The molecule has 1 aliphatic rings. The highest BCUT2D eigenvalue weighted by atomic mass is 16.5. The van der Waals surface area contributed by atoms with Crippen LogP contribution in [0.3, 0.4) is 0 Å². The number of esters is 1. The molecule has 0 aromatic heterocycles. The van der Waals surface area contributed by atoms with Crippen LogP contribution in [-0.2, 0) is 27.2 Å². The number of carbonyl (C=O) groups is 2. The molecule has 1 atom stereocenters. The zero-order valence-electron chi connectivity index (χ0n) is 14.9. The third kappa shape index (κ3) is 3.73. The van der Waals surface area contributed by atoms with Crippen molar-refractivity contribution in [2.24, 2.45) is 0 Å². The second kappa shape index (κ2) is 7.09. The molecule has 0 aliphatic carbocycles. The summed E-state index contributed by atoms with van der Waals surface area (Å²) in [4.78, 5) is 26.3. The van der Waals surface area contributed by atoms with Crippen LogP contribution >= 0.6 is 0 Å². The SMILES string of the molecule is Cc1ccc(CC(=O)OCC(=O)N2c3ccccc3C[C@@H]2C)cc1C. The maximum Gasteiger partial charge on any atom is 0.310 e. The predicted molar refractivity (Wildman–Crippen MR) is 97.7 cm³/mol. The largest absolute Gasteiger partial charge is 0.455 e. The van der Waals surface area contributed by atoms with Crippen LogP contribution in [0.1, 0.15) is 29.2 Å². The van der Waals surface area contributed by atoms with Gasteiger partial charge in [0.2, 0.25) is 0 Å². The van der Waals surface area contributed by atoms with Crippen molar-refractivity contribution in [1.82, 2.24) is 0 Å². The van der Waals surface area contributed by atoms with Crippen LogP contribution in [0.5, 0.6) is 0 Å². The highest BCUT2D eigenvalue weighted by Gasteiger charge is 2.30. The van der Waals surface area contributed by atoms with E-state index in [-0.39, 0.29) is 30.9 Å². The van der Waals surface area contributed by atoms with E-state index in [4.69, 9.17) is 4.74 Å². The smallest absolute Gasteiger partial charge is 0.310 e. The molecule has 1 aliphatic heterocycles. The molecule has 1 amide bonds. The van der Waals surface area contributed by atoms with Gasteiger partial charge in [0.25, 0.3) is 5.91 Å². The van der Waals surface area contributed by atoms with E-state index in [9.17, 15) is 9.59 Å². The number of hydrogen-bond acceptors (Lipinski definition) is 3. The fourth-order valence-corrected chi connectivity index (χ4v) is 3.29. The van der Waals surface area contributed by atoms with Crippen molar-refractivity contribution in [3.05, 3.63) is 64.7 Å². The maximum atomic E-state index is 12.5. The highest BCUT2D eigenvalue weighted by Crippen LogP contribution is 2.31. The molecule has 25 heavy (non-hydrogen) atoms. The summed E-state index contributed by atoms with van der Waals surface area (Å²) < 4.78 is 5.22. The molecular weight excluding hydrogens is 314 g/mol. The Balaban J connectivity index is 1.59. The highest BCUT2D eigenvalue weighted by molar-refractivity contribution is 5.97. The summed E-state index contributed by atoms with van der Waals surface area (Å²) in [6.07, 6.45) is 1.01. The van der Waals surface area contributed by atoms with Gasteiger partial charge in [0.1, 0.15) is 0 Å². The Hall–Kier alpha value is -2.62. The van der Waals surface area contributed by atoms with Crippen molar-refractivity contribution in [2.75, 3.05) is 11.5 Å². The minimum absolute atomic E-state index is 0.0864. The number of aryl methyl sites for hydroxylation is 2. The molecule has 0 radical (unpaired) electrons. The minimum atomic E-state index is -0.378. The topological polar surface area (TPSA) is 46.6 Å². The lowest BCUT2D eigenvalue weighted by atomic mass is 10.0. The second-order valence-electron chi connectivity index (χ2n) is 6.70. The lowest BCUT2D eigenvalue weighted by molar-refractivity contribution is -0.147. The first-order chi connectivity index (χ1) is 12.0. The van der Waals surface area contributed by atoms with E-state index in [2.05, 4.69) is 0 Å². The molecule has 2 aromatic carbocycles. The average Bonchev–Trinajstić information content (AvgIpc) is 2.92. The third-order valence-corrected chi connectivity index (χ3v) is 4.75. The van der Waals surface area contributed by atoms with Crippen molar-refractivity contribution < 1.29 is 14.3 Å². The minimum Gasteiger partial charge on any atom is -0.455 e. The number of nitrogens with zero attached hydrogens (tertiary/aromatic N) is 1. The molecule has 0 bridgehead atoms.